The van der Waals surface area contributed by atoms with E-state index in [0.717, 1.165) is 21.1 Å². The predicted octanol–water partition coefficient (Wildman–Crippen LogP) is 2.20. The molecule has 3 aromatic rings. The molecule has 0 saturated carbocycles. The molecule has 1 aromatic carbocycles. The van der Waals surface area contributed by atoms with Gasteiger partial charge in [0.1, 0.15) is 11.6 Å². The van der Waals surface area contributed by atoms with Crippen LogP contribution in [0.1, 0.15) is 17.6 Å². The molecule has 1 aliphatic rings. The average molecular weight is 442 g/mol. The number of nitrogens with two attached hydrogens (primary N) is 1. The van der Waals surface area contributed by atoms with E-state index in [4.69, 9.17) is 15.6 Å². The number of urea groups is 1. The highest BCUT2D eigenvalue weighted by Crippen LogP contribution is 2.40. The molecule has 1 aliphatic heterocycles. The Bertz CT molecular complexity index is 1250. The van der Waals surface area contributed by atoms with E-state index in [0.29, 0.717) is 41.1 Å². The van der Waals surface area contributed by atoms with E-state index in [9.17, 15) is 9.59 Å². The molecule has 0 saturated heterocycles. The molecule has 4 rings (SSSR count). The van der Waals surface area contributed by atoms with Crippen LogP contribution in [0.5, 0.6) is 5.75 Å². The first-order chi connectivity index (χ1) is 14.7. The molecule has 0 atom stereocenters. The fourth-order valence-electron chi connectivity index (χ4n) is 3.49. The van der Waals surface area contributed by atoms with Gasteiger partial charge < -0.3 is 4.74 Å². The number of carbonyl (C=O) groups is 1. The number of ether oxygens (including phenoxy) is 1. The molecule has 0 spiro atoms. The van der Waals surface area contributed by atoms with Crippen molar-refractivity contribution in [2.45, 2.75) is 20.3 Å². The summed E-state index contributed by atoms with van der Waals surface area (Å²) in [4.78, 5) is 32.2. The molecule has 0 unspecified atom stereocenters. The summed E-state index contributed by atoms with van der Waals surface area (Å²) in [6.45, 7) is 7.84. The molecule has 0 radical (unpaired) electrons. The molecule has 2 amide bonds. The third-order valence-electron chi connectivity index (χ3n) is 4.90. The Morgan fingerprint density at radius 1 is 1.39 bits per heavy atom. The van der Waals surface area contributed by atoms with E-state index in [1.807, 2.05) is 6.07 Å². The number of carbonyl (C=O) groups excluding carboxylic acids is 1. The summed E-state index contributed by atoms with van der Waals surface area (Å²) in [6, 6.07) is 5.02. The molecule has 11 heteroatoms. The largest absolute Gasteiger partial charge is 0.492 e. The van der Waals surface area contributed by atoms with Crippen LogP contribution in [-0.2, 0) is 13.5 Å². The Hall–Kier alpha value is -3.44. The highest BCUT2D eigenvalue weighted by Gasteiger charge is 2.25. The van der Waals surface area contributed by atoms with E-state index in [1.165, 1.54) is 32.5 Å². The second-order valence-electron chi connectivity index (χ2n) is 7.30. The standard InChI is InChI=1S/C20H23N7O3S/c1-11(2)26(19(28)24(4)21)13-6-7-14-15(10-13)30-9-8-16-17(14)22-18(31-16)27-12(3)23-25(5)20(27)29/h6-7,10H,1,8-9,21H2,2-5H3. The number of aryl methyl sites for hydroxylation is 2. The number of anilines is 1. The lowest BCUT2D eigenvalue weighted by Gasteiger charge is -2.26. The Morgan fingerprint density at radius 2 is 2.13 bits per heavy atom. The van der Waals surface area contributed by atoms with Crippen LogP contribution in [0.15, 0.2) is 35.3 Å². The fourth-order valence-corrected chi connectivity index (χ4v) is 4.59. The first-order valence-electron chi connectivity index (χ1n) is 9.57. The van der Waals surface area contributed by atoms with Crippen molar-refractivity contribution < 1.29 is 9.53 Å². The Morgan fingerprint density at radius 3 is 2.74 bits per heavy atom. The van der Waals surface area contributed by atoms with Crippen molar-refractivity contribution in [1.29, 1.82) is 0 Å². The number of nitrogens with zero attached hydrogens (tertiary/aromatic N) is 6. The molecule has 3 heterocycles. The van der Waals surface area contributed by atoms with Gasteiger partial charge in [-0.3, -0.25) is 9.91 Å². The van der Waals surface area contributed by atoms with Crippen molar-refractivity contribution >= 4 is 23.1 Å². The summed E-state index contributed by atoms with van der Waals surface area (Å²) in [7, 11) is 3.09. The predicted molar refractivity (Wildman–Crippen MR) is 118 cm³/mol. The molecule has 2 N–H and O–H groups in total. The van der Waals surface area contributed by atoms with Crippen molar-refractivity contribution in [1.82, 2.24) is 24.3 Å². The highest BCUT2D eigenvalue weighted by atomic mass is 32.1. The number of aromatic nitrogens is 4. The molecular weight excluding hydrogens is 418 g/mol. The minimum atomic E-state index is -0.413. The summed E-state index contributed by atoms with van der Waals surface area (Å²) in [5.74, 6) is 6.82. The van der Waals surface area contributed by atoms with E-state index in [1.54, 1.807) is 33.0 Å². The first kappa shape index (κ1) is 20.8. The SMILES string of the molecule is C=C(C)N(C(=O)N(C)N)c1ccc2c(c1)OCCc1sc(-n3c(C)nn(C)c3=O)nc1-2. The van der Waals surface area contributed by atoms with Gasteiger partial charge >= 0.3 is 11.7 Å². The quantitative estimate of drug-likeness (QED) is 0.379. The van der Waals surface area contributed by atoms with Crippen LogP contribution in [0.4, 0.5) is 10.5 Å². The zero-order valence-electron chi connectivity index (χ0n) is 17.7. The van der Waals surface area contributed by atoms with Gasteiger partial charge in [-0.2, -0.15) is 5.10 Å². The van der Waals surface area contributed by atoms with Gasteiger partial charge in [-0.15, -0.1) is 11.3 Å². The third kappa shape index (κ3) is 3.51. The molecular formula is C20H23N7O3S. The third-order valence-corrected chi connectivity index (χ3v) is 6.00. The minimum Gasteiger partial charge on any atom is -0.492 e. The van der Waals surface area contributed by atoms with E-state index < -0.39 is 6.03 Å². The lowest BCUT2D eigenvalue weighted by Crippen LogP contribution is -2.43. The average Bonchev–Trinajstić information content (AvgIpc) is 3.16. The maximum Gasteiger partial charge on any atom is 0.352 e. The maximum atomic E-state index is 12.5. The molecule has 162 valence electrons. The van der Waals surface area contributed by atoms with E-state index >= 15 is 0 Å². The summed E-state index contributed by atoms with van der Waals surface area (Å²) >= 11 is 1.45. The molecule has 2 aromatic heterocycles. The van der Waals surface area contributed by atoms with Crippen LogP contribution >= 0.6 is 11.3 Å². The van der Waals surface area contributed by atoms with Gasteiger partial charge in [-0.1, -0.05) is 6.58 Å². The Labute approximate surface area is 182 Å². The molecule has 0 bridgehead atoms. The highest BCUT2D eigenvalue weighted by molar-refractivity contribution is 7.14. The van der Waals surface area contributed by atoms with Crippen LogP contribution in [0, 0.1) is 6.92 Å². The zero-order chi connectivity index (χ0) is 22.4. The Kier molecular flexibility index (Phi) is 5.15. The van der Waals surface area contributed by atoms with Crippen molar-refractivity contribution in [3.63, 3.8) is 0 Å². The summed E-state index contributed by atoms with van der Waals surface area (Å²) in [5, 5.41) is 5.75. The zero-order valence-corrected chi connectivity index (χ0v) is 18.6. The first-order valence-corrected chi connectivity index (χ1v) is 10.4. The van der Waals surface area contributed by atoms with Crippen molar-refractivity contribution in [2.75, 3.05) is 18.6 Å². The van der Waals surface area contributed by atoms with Crippen LogP contribution < -0.4 is 21.2 Å². The molecule has 0 fully saturated rings. The topological polar surface area (TPSA) is 112 Å². The summed E-state index contributed by atoms with van der Waals surface area (Å²) in [5.41, 5.74) is 2.43. The second-order valence-corrected chi connectivity index (χ2v) is 8.36. The number of allylic oxidation sites excluding steroid dienone is 1. The van der Waals surface area contributed by atoms with Crippen molar-refractivity contribution in [3.05, 3.63) is 51.7 Å². The summed E-state index contributed by atoms with van der Waals surface area (Å²) < 4.78 is 8.77. The maximum absolute atomic E-state index is 12.5. The van der Waals surface area contributed by atoms with Gasteiger partial charge in [0.15, 0.2) is 5.13 Å². The van der Waals surface area contributed by atoms with E-state index in [2.05, 4.69) is 11.7 Å². The number of amides is 2. The summed E-state index contributed by atoms with van der Waals surface area (Å²) in [6.07, 6.45) is 0.653. The number of rotatable bonds is 3. The van der Waals surface area contributed by atoms with E-state index in [-0.39, 0.29) is 5.69 Å². The lowest BCUT2D eigenvalue weighted by atomic mass is 10.1. The van der Waals surface area contributed by atoms with Crippen LogP contribution in [0.3, 0.4) is 0 Å². The molecule has 31 heavy (non-hydrogen) atoms. The van der Waals surface area contributed by atoms with Gasteiger partial charge in [0.25, 0.3) is 0 Å². The van der Waals surface area contributed by atoms with Gasteiger partial charge in [0.05, 0.1) is 18.0 Å². The minimum absolute atomic E-state index is 0.241. The molecule has 0 aliphatic carbocycles. The number of hydrogen-bond donors (Lipinski definition) is 1. The van der Waals surface area contributed by atoms with Crippen LogP contribution in [-0.4, -0.2) is 44.0 Å². The second kappa shape index (κ2) is 7.67. The normalized spacial score (nSPS) is 12.4. The van der Waals surface area contributed by atoms with Crippen molar-refractivity contribution in [3.8, 4) is 22.1 Å². The number of fused-ring (bicyclic) bond motifs is 3. The van der Waals surface area contributed by atoms with Crippen LogP contribution in [0.2, 0.25) is 0 Å². The smallest absolute Gasteiger partial charge is 0.352 e. The number of thiazole rings is 1. The number of hydrazine groups is 1. The number of benzene rings is 1. The monoisotopic (exact) mass is 441 g/mol. The van der Waals surface area contributed by atoms with Gasteiger partial charge in [-0.05, 0) is 26.0 Å². The van der Waals surface area contributed by atoms with Gasteiger partial charge in [0, 0.05) is 42.7 Å². The Balaban J connectivity index is 1.81. The lowest BCUT2D eigenvalue weighted by molar-refractivity contribution is 0.218. The van der Waals surface area contributed by atoms with Crippen LogP contribution in [0.25, 0.3) is 16.4 Å². The number of hydrogen-bond acceptors (Lipinski definition) is 7. The fraction of sp³-hybridized carbons (Fsp3) is 0.300. The van der Waals surface area contributed by atoms with Gasteiger partial charge in [-0.25, -0.2) is 29.7 Å². The van der Waals surface area contributed by atoms with Crippen molar-refractivity contribution in [2.24, 2.45) is 12.9 Å². The van der Waals surface area contributed by atoms with Gasteiger partial charge in [0.2, 0.25) is 0 Å². The molecule has 10 nitrogen and oxygen atoms in total.